The number of carbonyl (C=O) groups excluding carboxylic acids is 1. The van der Waals surface area contributed by atoms with Crippen molar-refractivity contribution in [2.24, 2.45) is 11.8 Å². The van der Waals surface area contributed by atoms with Crippen LogP contribution in [0.4, 0.5) is 0 Å². The molecule has 18 heavy (non-hydrogen) atoms. The smallest absolute Gasteiger partial charge is 0.225 e. The highest BCUT2D eigenvalue weighted by Crippen LogP contribution is 2.32. The topological polar surface area (TPSA) is 40.5 Å². The molecule has 1 saturated heterocycles. The zero-order chi connectivity index (χ0) is 13.2. The van der Waals surface area contributed by atoms with Crippen molar-refractivity contribution in [3.8, 4) is 0 Å². The van der Waals surface area contributed by atoms with Crippen LogP contribution in [0.15, 0.2) is 0 Å². The summed E-state index contributed by atoms with van der Waals surface area (Å²) in [5, 5.41) is 10.5. The zero-order valence-electron chi connectivity index (χ0n) is 11.8. The Balaban J connectivity index is 1.90. The van der Waals surface area contributed by atoms with Crippen molar-refractivity contribution in [3.63, 3.8) is 0 Å². The molecular weight excluding hydrogens is 226 g/mol. The number of rotatable bonds is 2. The number of amides is 1. The SMILES string of the molecule is CC1CC(C)CN(C(=O)CC2(O)CCCCC2)C1. The Morgan fingerprint density at radius 2 is 1.72 bits per heavy atom. The summed E-state index contributed by atoms with van der Waals surface area (Å²) in [4.78, 5) is 14.3. The van der Waals surface area contributed by atoms with Crippen LogP contribution in [-0.2, 0) is 4.79 Å². The van der Waals surface area contributed by atoms with Crippen molar-refractivity contribution in [2.45, 2.75) is 64.4 Å². The summed E-state index contributed by atoms with van der Waals surface area (Å²) in [6, 6.07) is 0. The van der Waals surface area contributed by atoms with Gasteiger partial charge < -0.3 is 10.0 Å². The highest BCUT2D eigenvalue weighted by Gasteiger charge is 2.34. The molecule has 0 spiro atoms. The fraction of sp³-hybridized carbons (Fsp3) is 0.933. The summed E-state index contributed by atoms with van der Waals surface area (Å²) in [7, 11) is 0. The van der Waals surface area contributed by atoms with Gasteiger partial charge in [0.15, 0.2) is 0 Å². The average molecular weight is 253 g/mol. The quantitative estimate of drug-likeness (QED) is 0.821. The van der Waals surface area contributed by atoms with Crippen molar-refractivity contribution < 1.29 is 9.90 Å². The molecular formula is C15H27NO2. The molecule has 1 N–H and O–H groups in total. The van der Waals surface area contributed by atoms with Crippen LogP contribution in [0.2, 0.25) is 0 Å². The van der Waals surface area contributed by atoms with Crippen molar-refractivity contribution in [1.82, 2.24) is 4.90 Å². The number of nitrogens with zero attached hydrogens (tertiary/aromatic N) is 1. The maximum atomic E-state index is 12.3. The molecule has 0 aromatic carbocycles. The van der Waals surface area contributed by atoms with Crippen LogP contribution in [0.5, 0.6) is 0 Å². The van der Waals surface area contributed by atoms with E-state index in [1.165, 1.54) is 12.8 Å². The monoisotopic (exact) mass is 253 g/mol. The van der Waals surface area contributed by atoms with E-state index in [9.17, 15) is 9.90 Å². The van der Waals surface area contributed by atoms with Crippen LogP contribution >= 0.6 is 0 Å². The van der Waals surface area contributed by atoms with E-state index in [1.807, 2.05) is 4.90 Å². The molecule has 3 heteroatoms. The largest absolute Gasteiger partial charge is 0.389 e. The number of hydrogen-bond acceptors (Lipinski definition) is 2. The Labute approximate surface area is 111 Å². The van der Waals surface area contributed by atoms with Crippen LogP contribution in [0.1, 0.15) is 58.8 Å². The molecule has 0 radical (unpaired) electrons. The second kappa shape index (κ2) is 5.60. The van der Waals surface area contributed by atoms with Crippen molar-refractivity contribution in [1.29, 1.82) is 0 Å². The van der Waals surface area contributed by atoms with Gasteiger partial charge in [-0.1, -0.05) is 33.1 Å². The lowest BCUT2D eigenvalue weighted by molar-refractivity contribution is -0.140. The molecule has 1 saturated carbocycles. The second-order valence-corrected chi connectivity index (χ2v) is 6.71. The minimum Gasteiger partial charge on any atom is -0.389 e. The Hall–Kier alpha value is -0.570. The van der Waals surface area contributed by atoms with Crippen molar-refractivity contribution in [2.75, 3.05) is 13.1 Å². The van der Waals surface area contributed by atoms with Crippen LogP contribution < -0.4 is 0 Å². The van der Waals surface area contributed by atoms with E-state index in [1.54, 1.807) is 0 Å². The lowest BCUT2D eigenvalue weighted by atomic mass is 9.82. The Morgan fingerprint density at radius 3 is 2.28 bits per heavy atom. The molecule has 0 aromatic heterocycles. The fourth-order valence-electron chi connectivity index (χ4n) is 3.65. The van der Waals surface area contributed by atoms with E-state index < -0.39 is 5.60 Å². The maximum absolute atomic E-state index is 12.3. The molecule has 104 valence electrons. The Kier molecular flexibility index (Phi) is 4.31. The normalized spacial score (nSPS) is 32.3. The summed E-state index contributed by atoms with van der Waals surface area (Å²) >= 11 is 0. The van der Waals surface area contributed by atoms with Crippen molar-refractivity contribution in [3.05, 3.63) is 0 Å². The second-order valence-electron chi connectivity index (χ2n) is 6.71. The van der Waals surface area contributed by atoms with Crippen LogP contribution in [0.25, 0.3) is 0 Å². The third-order valence-electron chi connectivity index (χ3n) is 4.49. The van der Waals surface area contributed by atoms with Crippen LogP contribution in [-0.4, -0.2) is 34.6 Å². The molecule has 3 nitrogen and oxygen atoms in total. The molecule has 0 bridgehead atoms. The average Bonchev–Trinajstić information content (AvgIpc) is 2.28. The summed E-state index contributed by atoms with van der Waals surface area (Å²) in [6.07, 6.45) is 6.50. The number of piperidine rings is 1. The first-order chi connectivity index (χ1) is 8.48. The van der Waals surface area contributed by atoms with Gasteiger partial charge in [-0.15, -0.1) is 0 Å². The van der Waals surface area contributed by atoms with E-state index in [0.29, 0.717) is 18.3 Å². The molecule has 0 aromatic rings. The van der Waals surface area contributed by atoms with E-state index in [0.717, 1.165) is 38.8 Å². The van der Waals surface area contributed by atoms with E-state index in [-0.39, 0.29) is 5.91 Å². The van der Waals surface area contributed by atoms with Gasteiger partial charge in [0.1, 0.15) is 0 Å². The van der Waals surface area contributed by atoms with Gasteiger partial charge in [-0.2, -0.15) is 0 Å². The number of likely N-dealkylation sites (tertiary alicyclic amines) is 1. The minimum atomic E-state index is -0.709. The zero-order valence-corrected chi connectivity index (χ0v) is 11.8. The molecule has 1 amide bonds. The first-order valence-electron chi connectivity index (χ1n) is 7.49. The third kappa shape index (κ3) is 3.47. The molecule has 2 aliphatic rings. The number of carbonyl (C=O) groups is 1. The lowest BCUT2D eigenvalue weighted by Gasteiger charge is -2.38. The van der Waals surface area contributed by atoms with Gasteiger partial charge in [-0.25, -0.2) is 0 Å². The molecule has 2 fully saturated rings. The van der Waals surface area contributed by atoms with Gasteiger partial charge in [0.05, 0.1) is 12.0 Å². The van der Waals surface area contributed by atoms with Crippen LogP contribution in [0.3, 0.4) is 0 Å². The van der Waals surface area contributed by atoms with Crippen LogP contribution in [0, 0.1) is 11.8 Å². The molecule has 1 heterocycles. The van der Waals surface area contributed by atoms with Gasteiger partial charge in [0, 0.05) is 13.1 Å². The molecule has 2 unspecified atom stereocenters. The first kappa shape index (κ1) is 13.9. The molecule has 1 aliphatic carbocycles. The number of hydrogen-bond donors (Lipinski definition) is 1. The summed E-state index contributed by atoms with van der Waals surface area (Å²) in [5.74, 6) is 1.36. The van der Waals surface area contributed by atoms with E-state index in [2.05, 4.69) is 13.8 Å². The van der Waals surface area contributed by atoms with Gasteiger partial charge in [-0.05, 0) is 31.1 Å². The highest BCUT2D eigenvalue weighted by molar-refractivity contribution is 5.77. The summed E-state index contributed by atoms with van der Waals surface area (Å²) < 4.78 is 0. The van der Waals surface area contributed by atoms with Gasteiger partial charge in [-0.3, -0.25) is 4.79 Å². The van der Waals surface area contributed by atoms with Gasteiger partial charge >= 0.3 is 0 Å². The Bertz CT molecular complexity index is 287. The third-order valence-corrected chi connectivity index (χ3v) is 4.49. The Morgan fingerprint density at radius 1 is 1.17 bits per heavy atom. The fourth-order valence-corrected chi connectivity index (χ4v) is 3.65. The molecule has 1 aliphatic heterocycles. The predicted octanol–water partition coefficient (Wildman–Crippen LogP) is 2.58. The standard InChI is InChI=1S/C15H27NO2/c1-12-8-13(2)11-16(10-12)14(17)9-15(18)6-4-3-5-7-15/h12-13,18H,3-11H2,1-2H3. The summed E-state index contributed by atoms with van der Waals surface area (Å²) in [6.45, 7) is 6.18. The number of aliphatic hydroxyl groups is 1. The van der Waals surface area contributed by atoms with Gasteiger partial charge in [0.25, 0.3) is 0 Å². The molecule has 2 rings (SSSR count). The van der Waals surface area contributed by atoms with Gasteiger partial charge in [0.2, 0.25) is 5.91 Å². The lowest BCUT2D eigenvalue weighted by Crippen LogP contribution is -2.46. The summed E-state index contributed by atoms with van der Waals surface area (Å²) in [5.41, 5.74) is -0.709. The first-order valence-corrected chi connectivity index (χ1v) is 7.49. The van der Waals surface area contributed by atoms with E-state index >= 15 is 0 Å². The molecule has 2 atom stereocenters. The maximum Gasteiger partial charge on any atom is 0.225 e. The predicted molar refractivity (Wildman–Crippen MR) is 72.2 cm³/mol. The van der Waals surface area contributed by atoms with E-state index in [4.69, 9.17) is 0 Å². The van der Waals surface area contributed by atoms with Crippen molar-refractivity contribution >= 4 is 5.91 Å². The highest BCUT2D eigenvalue weighted by atomic mass is 16.3. The minimum absolute atomic E-state index is 0.165.